The molecular weight excluding hydrogens is 182 g/mol. The zero-order valence-corrected chi connectivity index (χ0v) is 10.5. The summed E-state index contributed by atoms with van der Waals surface area (Å²) in [4.78, 5) is 2.48. The Kier molecular flexibility index (Phi) is 4.67. The maximum atomic E-state index is 2.48. The van der Waals surface area contributed by atoms with Crippen LogP contribution in [-0.4, -0.2) is 13.1 Å². The third-order valence-corrected chi connectivity index (χ3v) is 2.84. The molecule has 0 unspecified atom stereocenters. The first-order valence-corrected chi connectivity index (χ1v) is 6.15. The van der Waals surface area contributed by atoms with E-state index in [1.165, 1.54) is 36.2 Å². The average molecular weight is 205 g/mol. The molecular formula is C14H23N. The lowest BCUT2D eigenvalue weighted by Gasteiger charge is -2.30. The fraction of sp³-hybridized carbons (Fsp3) is 0.571. The van der Waals surface area contributed by atoms with Crippen molar-refractivity contribution in [1.82, 2.24) is 0 Å². The molecule has 0 spiro atoms. The van der Waals surface area contributed by atoms with Crippen LogP contribution in [0.15, 0.2) is 18.2 Å². The van der Waals surface area contributed by atoms with Gasteiger partial charge in [0.05, 0.1) is 0 Å². The first kappa shape index (κ1) is 12.1. The summed E-state index contributed by atoms with van der Waals surface area (Å²) in [7, 11) is 0. The second kappa shape index (κ2) is 5.79. The number of hydrogen-bond donors (Lipinski definition) is 0. The van der Waals surface area contributed by atoms with Gasteiger partial charge < -0.3 is 4.90 Å². The van der Waals surface area contributed by atoms with Crippen LogP contribution >= 0.6 is 0 Å². The molecule has 0 atom stereocenters. The number of hydrogen-bond acceptors (Lipinski definition) is 1. The van der Waals surface area contributed by atoms with Gasteiger partial charge >= 0.3 is 0 Å². The summed E-state index contributed by atoms with van der Waals surface area (Å²) in [5, 5.41) is 0. The van der Waals surface area contributed by atoms with E-state index in [1.54, 1.807) is 0 Å². The number of anilines is 1. The molecule has 84 valence electrons. The molecule has 1 nitrogen and oxygen atoms in total. The van der Waals surface area contributed by atoms with Crippen LogP contribution in [0.4, 0.5) is 5.69 Å². The molecule has 0 N–H and O–H groups in total. The van der Waals surface area contributed by atoms with Crippen LogP contribution in [0.1, 0.15) is 38.3 Å². The lowest BCUT2D eigenvalue weighted by molar-refractivity contribution is 0.707. The van der Waals surface area contributed by atoms with E-state index in [0.717, 1.165) is 6.54 Å². The van der Waals surface area contributed by atoms with Gasteiger partial charge in [-0.3, -0.25) is 0 Å². The van der Waals surface area contributed by atoms with E-state index in [-0.39, 0.29) is 0 Å². The molecule has 1 heterocycles. The van der Waals surface area contributed by atoms with Crippen molar-refractivity contribution in [1.29, 1.82) is 0 Å². The molecule has 1 aliphatic rings. The molecule has 1 aromatic carbocycles. The van der Waals surface area contributed by atoms with Crippen molar-refractivity contribution in [3.8, 4) is 0 Å². The number of benzene rings is 1. The minimum Gasteiger partial charge on any atom is -0.372 e. The van der Waals surface area contributed by atoms with E-state index in [0.29, 0.717) is 0 Å². The fourth-order valence-electron chi connectivity index (χ4n) is 2.09. The lowest BCUT2D eigenvalue weighted by Crippen LogP contribution is -2.28. The fourth-order valence-corrected chi connectivity index (χ4v) is 2.09. The van der Waals surface area contributed by atoms with Crippen molar-refractivity contribution in [2.24, 2.45) is 0 Å². The molecule has 0 saturated heterocycles. The SMILES string of the molecule is CC.CCN1CCCc2ccc(C)cc21. The second-order valence-electron chi connectivity index (χ2n) is 3.82. The Morgan fingerprint density at radius 1 is 1.27 bits per heavy atom. The molecule has 1 aromatic rings. The predicted molar refractivity (Wildman–Crippen MR) is 68.7 cm³/mol. The van der Waals surface area contributed by atoms with Gasteiger partial charge in [-0.2, -0.15) is 0 Å². The molecule has 0 saturated carbocycles. The highest BCUT2D eigenvalue weighted by Crippen LogP contribution is 2.27. The Balaban J connectivity index is 0.000000531. The summed E-state index contributed by atoms with van der Waals surface area (Å²) in [5.74, 6) is 0. The third kappa shape index (κ3) is 2.74. The Bertz CT molecular complexity index is 304. The molecule has 15 heavy (non-hydrogen) atoms. The number of nitrogens with zero attached hydrogens (tertiary/aromatic N) is 1. The maximum Gasteiger partial charge on any atom is 0.0401 e. The van der Waals surface area contributed by atoms with Crippen LogP contribution in [0.25, 0.3) is 0 Å². The third-order valence-electron chi connectivity index (χ3n) is 2.84. The normalized spacial score (nSPS) is 14.0. The van der Waals surface area contributed by atoms with Gasteiger partial charge in [-0.1, -0.05) is 26.0 Å². The van der Waals surface area contributed by atoms with Crippen molar-refractivity contribution in [2.75, 3.05) is 18.0 Å². The van der Waals surface area contributed by atoms with Crippen LogP contribution in [0.3, 0.4) is 0 Å². The minimum atomic E-state index is 1.14. The van der Waals surface area contributed by atoms with Crippen molar-refractivity contribution < 1.29 is 0 Å². The maximum absolute atomic E-state index is 2.48. The van der Waals surface area contributed by atoms with E-state index in [1.807, 2.05) is 13.8 Å². The molecule has 0 aliphatic carbocycles. The van der Waals surface area contributed by atoms with Crippen molar-refractivity contribution >= 4 is 5.69 Å². The molecule has 0 bridgehead atoms. The smallest absolute Gasteiger partial charge is 0.0401 e. The first-order valence-electron chi connectivity index (χ1n) is 6.15. The van der Waals surface area contributed by atoms with Crippen LogP contribution < -0.4 is 4.90 Å². The van der Waals surface area contributed by atoms with Gasteiger partial charge in [0.15, 0.2) is 0 Å². The van der Waals surface area contributed by atoms with E-state index in [2.05, 4.69) is 36.9 Å². The van der Waals surface area contributed by atoms with Crippen molar-refractivity contribution in [2.45, 2.75) is 40.5 Å². The highest BCUT2D eigenvalue weighted by molar-refractivity contribution is 5.56. The summed E-state index contributed by atoms with van der Waals surface area (Å²) >= 11 is 0. The Labute approximate surface area is 94.1 Å². The molecule has 1 aliphatic heterocycles. The van der Waals surface area contributed by atoms with Gasteiger partial charge in [-0.05, 0) is 43.9 Å². The van der Waals surface area contributed by atoms with Gasteiger partial charge in [-0.15, -0.1) is 0 Å². The predicted octanol–water partition coefficient (Wildman–Crippen LogP) is 3.79. The van der Waals surface area contributed by atoms with Gasteiger partial charge in [0, 0.05) is 18.8 Å². The molecule has 0 amide bonds. The van der Waals surface area contributed by atoms with Gasteiger partial charge in [0.2, 0.25) is 0 Å². The largest absolute Gasteiger partial charge is 0.372 e. The topological polar surface area (TPSA) is 3.24 Å². The quantitative estimate of drug-likeness (QED) is 0.674. The summed E-state index contributed by atoms with van der Waals surface area (Å²) in [6.45, 7) is 10.8. The molecule has 0 fully saturated rings. The summed E-state index contributed by atoms with van der Waals surface area (Å²) in [6.07, 6.45) is 2.57. The van der Waals surface area contributed by atoms with Crippen LogP contribution in [-0.2, 0) is 6.42 Å². The Morgan fingerprint density at radius 3 is 2.67 bits per heavy atom. The Morgan fingerprint density at radius 2 is 2.00 bits per heavy atom. The van der Waals surface area contributed by atoms with Crippen LogP contribution in [0.5, 0.6) is 0 Å². The minimum absolute atomic E-state index is 1.14. The molecule has 0 radical (unpaired) electrons. The molecule has 1 heteroatoms. The average Bonchev–Trinajstić information content (AvgIpc) is 2.31. The van der Waals surface area contributed by atoms with Gasteiger partial charge in [0.1, 0.15) is 0 Å². The Hall–Kier alpha value is -0.980. The van der Waals surface area contributed by atoms with E-state index < -0.39 is 0 Å². The van der Waals surface area contributed by atoms with Crippen molar-refractivity contribution in [3.63, 3.8) is 0 Å². The monoisotopic (exact) mass is 205 g/mol. The highest BCUT2D eigenvalue weighted by atomic mass is 15.1. The van der Waals surface area contributed by atoms with Gasteiger partial charge in [0.25, 0.3) is 0 Å². The zero-order valence-electron chi connectivity index (χ0n) is 10.5. The number of rotatable bonds is 1. The highest BCUT2D eigenvalue weighted by Gasteiger charge is 2.14. The second-order valence-corrected chi connectivity index (χ2v) is 3.82. The van der Waals surface area contributed by atoms with Gasteiger partial charge in [-0.25, -0.2) is 0 Å². The summed E-state index contributed by atoms with van der Waals surface area (Å²) < 4.78 is 0. The lowest BCUT2D eigenvalue weighted by atomic mass is 10.00. The van der Waals surface area contributed by atoms with E-state index in [9.17, 15) is 0 Å². The number of aryl methyl sites for hydroxylation is 2. The zero-order chi connectivity index (χ0) is 11.3. The van der Waals surface area contributed by atoms with Crippen molar-refractivity contribution in [3.05, 3.63) is 29.3 Å². The molecule has 2 rings (SSSR count). The summed E-state index contributed by atoms with van der Waals surface area (Å²) in [5.41, 5.74) is 4.37. The van der Waals surface area contributed by atoms with Crippen LogP contribution in [0.2, 0.25) is 0 Å². The van der Waals surface area contributed by atoms with E-state index in [4.69, 9.17) is 0 Å². The van der Waals surface area contributed by atoms with E-state index >= 15 is 0 Å². The first-order chi connectivity index (χ1) is 7.31. The number of fused-ring (bicyclic) bond motifs is 1. The standard InChI is InChI=1S/C12H17N.C2H6/c1-3-13-8-4-5-11-7-6-10(2)9-12(11)13;1-2/h6-7,9H,3-5,8H2,1-2H3;1-2H3. The summed E-state index contributed by atoms with van der Waals surface area (Å²) in [6, 6.07) is 6.82. The molecule has 0 aromatic heterocycles. The van der Waals surface area contributed by atoms with Crippen LogP contribution in [0, 0.1) is 6.92 Å².